The third-order valence-corrected chi connectivity index (χ3v) is 3.08. The van der Waals surface area contributed by atoms with Crippen molar-refractivity contribution in [2.24, 2.45) is 17.5 Å². The minimum absolute atomic E-state index is 0.203. The second-order valence-electron chi connectivity index (χ2n) is 4.39. The van der Waals surface area contributed by atoms with Gasteiger partial charge in [0, 0.05) is 12.5 Å². The summed E-state index contributed by atoms with van der Waals surface area (Å²) in [7, 11) is 0. The molecular weight excluding hydrogens is 206 g/mol. The Morgan fingerprint density at radius 3 is 2.44 bits per heavy atom. The lowest BCUT2D eigenvalue weighted by Crippen LogP contribution is -2.42. The summed E-state index contributed by atoms with van der Waals surface area (Å²) in [5, 5.41) is 10.6. The molecule has 6 nitrogen and oxygen atoms in total. The zero-order valence-corrected chi connectivity index (χ0v) is 9.46. The van der Waals surface area contributed by atoms with Crippen LogP contribution in [-0.4, -0.2) is 24.3 Å². The first-order valence-electron chi connectivity index (χ1n) is 5.67. The molecule has 0 radical (unpaired) electrons. The number of primary amides is 1. The van der Waals surface area contributed by atoms with Crippen LogP contribution in [0.15, 0.2) is 0 Å². The van der Waals surface area contributed by atoms with Gasteiger partial charge < -0.3 is 16.5 Å². The second kappa shape index (κ2) is 6.44. The Hall–Kier alpha value is -1.14. The van der Waals surface area contributed by atoms with Crippen LogP contribution in [0.25, 0.3) is 0 Å². The summed E-state index contributed by atoms with van der Waals surface area (Å²) < 4.78 is 0. The maximum Gasteiger partial charge on any atom is 0.217 e. The number of hydrogen-bond acceptors (Lipinski definition) is 4. The van der Waals surface area contributed by atoms with Crippen LogP contribution in [-0.2, 0) is 4.79 Å². The largest absolute Gasteiger partial charge is 0.370 e. The van der Waals surface area contributed by atoms with Gasteiger partial charge in [0.2, 0.25) is 5.91 Å². The average Bonchev–Trinajstić information content (AvgIpc) is 2.27. The first-order valence-corrected chi connectivity index (χ1v) is 5.67. The van der Waals surface area contributed by atoms with Gasteiger partial charge in [-0.15, -0.1) is 0 Å². The van der Waals surface area contributed by atoms with Crippen molar-refractivity contribution in [1.29, 1.82) is 5.41 Å². The molecule has 1 fully saturated rings. The Morgan fingerprint density at radius 2 is 1.94 bits per heavy atom. The predicted molar refractivity (Wildman–Crippen MR) is 62.6 cm³/mol. The molecule has 1 aliphatic carbocycles. The van der Waals surface area contributed by atoms with E-state index in [2.05, 4.69) is 10.7 Å². The SMILES string of the molecule is N=C(CN[C@H]1CC[C@H](CC(N)=O)CC1)NN. The fourth-order valence-corrected chi connectivity index (χ4v) is 2.15. The van der Waals surface area contributed by atoms with E-state index in [-0.39, 0.29) is 5.91 Å². The van der Waals surface area contributed by atoms with E-state index >= 15 is 0 Å². The monoisotopic (exact) mass is 227 g/mol. The number of rotatable bonds is 5. The number of carbonyl (C=O) groups is 1. The Morgan fingerprint density at radius 1 is 1.31 bits per heavy atom. The summed E-state index contributed by atoms with van der Waals surface area (Å²) in [6.07, 6.45) is 4.65. The number of hydrazine groups is 1. The molecule has 16 heavy (non-hydrogen) atoms. The molecule has 0 aromatic heterocycles. The normalized spacial score (nSPS) is 25.1. The van der Waals surface area contributed by atoms with Crippen LogP contribution < -0.4 is 22.3 Å². The minimum atomic E-state index is -0.203. The molecule has 6 heteroatoms. The molecule has 0 bridgehead atoms. The predicted octanol–water partition coefficient (Wildman–Crippen LogP) is -0.549. The molecule has 0 aromatic carbocycles. The van der Waals surface area contributed by atoms with Gasteiger partial charge in [-0.3, -0.25) is 10.2 Å². The van der Waals surface area contributed by atoms with Crippen molar-refractivity contribution in [3.8, 4) is 0 Å². The first-order chi connectivity index (χ1) is 7.61. The van der Waals surface area contributed by atoms with Gasteiger partial charge in [-0.05, 0) is 31.6 Å². The lowest BCUT2D eigenvalue weighted by atomic mass is 9.84. The van der Waals surface area contributed by atoms with Gasteiger partial charge in [-0.1, -0.05) is 0 Å². The molecular formula is C10H21N5O. The first kappa shape index (κ1) is 12.9. The van der Waals surface area contributed by atoms with E-state index in [1.165, 1.54) is 0 Å². The highest BCUT2D eigenvalue weighted by molar-refractivity contribution is 5.80. The molecule has 0 heterocycles. The third kappa shape index (κ3) is 4.59. The van der Waals surface area contributed by atoms with Crippen molar-refractivity contribution in [2.45, 2.75) is 38.1 Å². The summed E-state index contributed by atoms with van der Waals surface area (Å²) >= 11 is 0. The van der Waals surface area contributed by atoms with Gasteiger partial charge in [0.25, 0.3) is 0 Å². The Kier molecular flexibility index (Phi) is 5.21. The lowest BCUT2D eigenvalue weighted by Gasteiger charge is -2.28. The summed E-state index contributed by atoms with van der Waals surface area (Å²) in [4.78, 5) is 10.8. The third-order valence-electron chi connectivity index (χ3n) is 3.08. The van der Waals surface area contributed by atoms with Crippen LogP contribution in [0.3, 0.4) is 0 Å². The van der Waals surface area contributed by atoms with E-state index in [0.29, 0.717) is 30.8 Å². The van der Waals surface area contributed by atoms with Crippen molar-refractivity contribution in [3.05, 3.63) is 0 Å². The van der Waals surface area contributed by atoms with E-state index in [9.17, 15) is 4.79 Å². The summed E-state index contributed by atoms with van der Waals surface area (Å²) in [6.45, 7) is 0.474. The van der Waals surface area contributed by atoms with Crippen LogP contribution >= 0.6 is 0 Å². The molecule has 1 saturated carbocycles. The van der Waals surface area contributed by atoms with E-state index in [1.807, 2.05) is 0 Å². The maximum atomic E-state index is 10.8. The van der Waals surface area contributed by atoms with Gasteiger partial charge in [-0.25, -0.2) is 5.84 Å². The second-order valence-corrected chi connectivity index (χ2v) is 4.39. The van der Waals surface area contributed by atoms with Gasteiger partial charge in [0.1, 0.15) is 5.84 Å². The van der Waals surface area contributed by atoms with Crippen LogP contribution in [0, 0.1) is 11.3 Å². The van der Waals surface area contributed by atoms with Gasteiger partial charge in [0.05, 0.1) is 6.54 Å². The molecule has 1 aliphatic rings. The number of hydrogen-bond donors (Lipinski definition) is 5. The topological polar surface area (TPSA) is 117 Å². The van der Waals surface area contributed by atoms with Crippen molar-refractivity contribution in [2.75, 3.05) is 6.54 Å². The number of nitrogens with one attached hydrogen (secondary N) is 3. The summed E-state index contributed by atoms with van der Waals surface area (Å²) in [5.74, 6) is 5.63. The molecule has 0 atom stereocenters. The molecule has 0 saturated heterocycles. The van der Waals surface area contributed by atoms with Gasteiger partial charge in [-0.2, -0.15) is 0 Å². The molecule has 0 aromatic rings. The van der Waals surface area contributed by atoms with E-state index in [0.717, 1.165) is 25.7 Å². The number of nitrogens with two attached hydrogens (primary N) is 2. The van der Waals surface area contributed by atoms with Crippen molar-refractivity contribution in [3.63, 3.8) is 0 Å². The van der Waals surface area contributed by atoms with Crippen LogP contribution in [0.1, 0.15) is 32.1 Å². The zero-order valence-electron chi connectivity index (χ0n) is 9.46. The number of amides is 1. The Balaban J connectivity index is 2.16. The molecule has 1 amide bonds. The maximum absolute atomic E-state index is 10.8. The molecule has 0 spiro atoms. The smallest absolute Gasteiger partial charge is 0.217 e. The van der Waals surface area contributed by atoms with Gasteiger partial charge >= 0.3 is 0 Å². The highest BCUT2D eigenvalue weighted by Crippen LogP contribution is 2.26. The van der Waals surface area contributed by atoms with Crippen molar-refractivity contribution >= 4 is 11.7 Å². The zero-order chi connectivity index (χ0) is 12.0. The van der Waals surface area contributed by atoms with E-state index < -0.39 is 0 Å². The van der Waals surface area contributed by atoms with Crippen LogP contribution in [0.2, 0.25) is 0 Å². The molecule has 92 valence electrons. The van der Waals surface area contributed by atoms with Crippen molar-refractivity contribution in [1.82, 2.24) is 10.7 Å². The minimum Gasteiger partial charge on any atom is -0.370 e. The fourth-order valence-electron chi connectivity index (χ4n) is 2.15. The van der Waals surface area contributed by atoms with Crippen LogP contribution in [0.5, 0.6) is 0 Å². The van der Waals surface area contributed by atoms with Crippen LogP contribution in [0.4, 0.5) is 0 Å². The quantitative estimate of drug-likeness (QED) is 0.187. The highest BCUT2D eigenvalue weighted by atomic mass is 16.1. The highest BCUT2D eigenvalue weighted by Gasteiger charge is 2.21. The van der Waals surface area contributed by atoms with E-state index in [1.54, 1.807) is 0 Å². The number of amidine groups is 1. The Labute approximate surface area is 95.6 Å². The summed E-state index contributed by atoms with van der Waals surface area (Å²) in [6, 6.07) is 0.429. The Bertz CT molecular complexity index is 248. The average molecular weight is 227 g/mol. The lowest BCUT2D eigenvalue weighted by molar-refractivity contribution is -0.119. The molecule has 0 aliphatic heterocycles. The van der Waals surface area contributed by atoms with E-state index in [4.69, 9.17) is 17.0 Å². The molecule has 1 rings (SSSR count). The standard InChI is InChI=1S/C10H21N5O/c11-9(15-13)6-14-8-3-1-7(2-4-8)5-10(12)16/h7-8,14H,1-6,13H2,(H2,11,15)(H2,12,16)/t7-,8-. The van der Waals surface area contributed by atoms with Gasteiger partial charge in [0.15, 0.2) is 0 Å². The summed E-state index contributed by atoms with van der Waals surface area (Å²) in [5.41, 5.74) is 7.47. The molecule has 7 N–H and O–H groups in total. The molecule has 0 unspecified atom stereocenters. The fraction of sp³-hybridized carbons (Fsp3) is 0.800. The van der Waals surface area contributed by atoms with Crippen molar-refractivity contribution < 1.29 is 4.79 Å². The number of carbonyl (C=O) groups excluding carboxylic acids is 1.